The minimum atomic E-state index is 0.0793. The average molecular weight is 342 g/mol. The summed E-state index contributed by atoms with van der Waals surface area (Å²) in [5.41, 5.74) is 2.01. The topological polar surface area (TPSA) is 49.4 Å². The third-order valence-corrected chi connectivity index (χ3v) is 5.60. The molecule has 2 unspecified atom stereocenters. The second-order valence-corrected chi connectivity index (χ2v) is 7.40. The van der Waals surface area contributed by atoms with E-state index in [4.69, 9.17) is 0 Å². The van der Waals surface area contributed by atoms with Crippen molar-refractivity contribution in [2.75, 3.05) is 13.1 Å². The van der Waals surface area contributed by atoms with Crippen LogP contribution in [0.15, 0.2) is 24.3 Å². The van der Waals surface area contributed by atoms with E-state index in [1.54, 1.807) is 0 Å². The SMILES string of the molecule is CCCCc1ccc(C(=O)CCC(=O)N2C3CCNCC2CC3)cc1. The van der Waals surface area contributed by atoms with Crippen LogP contribution in [0.4, 0.5) is 0 Å². The number of carbonyl (C=O) groups excluding carboxylic acids is 2. The Bertz CT molecular complexity index is 582. The minimum Gasteiger partial charge on any atom is -0.335 e. The van der Waals surface area contributed by atoms with E-state index in [9.17, 15) is 9.59 Å². The Balaban J connectivity index is 1.52. The van der Waals surface area contributed by atoms with Crippen LogP contribution in [-0.2, 0) is 11.2 Å². The molecule has 0 aromatic heterocycles. The molecule has 4 heteroatoms. The van der Waals surface area contributed by atoms with Crippen molar-refractivity contribution in [3.05, 3.63) is 35.4 Å². The van der Waals surface area contributed by atoms with Gasteiger partial charge in [0.2, 0.25) is 5.91 Å². The van der Waals surface area contributed by atoms with Crippen LogP contribution in [0.1, 0.15) is 67.8 Å². The van der Waals surface area contributed by atoms with Crippen molar-refractivity contribution in [3.8, 4) is 0 Å². The van der Waals surface area contributed by atoms with Gasteiger partial charge in [-0.05, 0) is 44.2 Å². The Morgan fingerprint density at radius 2 is 1.84 bits per heavy atom. The molecule has 2 aliphatic heterocycles. The number of rotatable bonds is 7. The van der Waals surface area contributed by atoms with Gasteiger partial charge in [0.05, 0.1) is 0 Å². The summed E-state index contributed by atoms with van der Waals surface area (Å²) >= 11 is 0. The number of ketones is 1. The van der Waals surface area contributed by atoms with Crippen LogP contribution >= 0.6 is 0 Å². The van der Waals surface area contributed by atoms with E-state index in [-0.39, 0.29) is 11.7 Å². The summed E-state index contributed by atoms with van der Waals surface area (Å²) in [4.78, 5) is 27.2. The molecule has 2 heterocycles. The van der Waals surface area contributed by atoms with Crippen molar-refractivity contribution in [3.63, 3.8) is 0 Å². The summed E-state index contributed by atoms with van der Waals surface area (Å²) in [5, 5.41) is 3.41. The number of hydrogen-bond donors (Lipinski definition) is 1. The molecule has 2 saturated heterocycles. The molecule has 25 heavy (non-hydrogen) atoms. The number of fused-ring (bicyclic) bond motifs is 2. The molecule has 1 aromatic carbocycles. The predicted octanol–water partition coefficient (Wildman–Crippen LogP) is 3.35. The fourth-order valence-corrected chi connectivity index (χ4v) is 4.12. The zero-order valence-corrected chi connectivity index (χ0v) is 15.3. The standard InChI is InChI=1S/C21H30N2O2/c1-2-3-4-16-5-7-17(8-6-16)20(24)11-12-21(25)23-18-9-10-19(23)15-22-14-13-18/h5-8,18-19,22H,2-4,9-15H2,1H3. The van der Waals surface area contributed by atoms with Gasteiger partial charge in [-0.2, -0.15) is 0 Å². The number of carbonyl (C=O) groups is 2. The fourth-order valence-electron chi connectivity index (χ4n) is 4.12. The number of nitrogens with one attached hydrogen (secondary N) is 1. The summed E-state index contributed by atoms with van der Waals surface area (Å²) in [6, 6.07) is 8.62. The van der Waals surface area contributed by atoms with Crippen LogP contribution in [0.25, 0.3) is 0 Å². The summed E-state index contributed by atoms with van der Waals surface area (Å²) < 4.78 is 0. The van der Waals surface area contributed by atoms with E-state index in [0.29, 0.717) is 24.9 Å². The Morgan fingerprint density at radius 1 is 1.08 bits per heavy atom. The maximum Gasteiger partial charge on any atom is 0.223 e. The molecule has 0 spiro atoms. The molecule has 1 aromatic rings. The Kier molecular flexibility index (Phi) is 6.24. The lowest BCUT2D eigenvalue weighted by atomic mass is 10.0. The predicted molar refractivity (Wildman–Crippen MR) is 99.8 cm³/mol. The Morgan fingerprint density at radius 3 is 2.60 bits per heavy atom. The molecule has 136 valence electrons. The molecule has 1 N–H and O–H groups in total. The Hall–Kier alpha value is -1.68. The third-order valence-electron chi connectivity index (χ3n) is 5.60. The number of Topliss-reactive ketones (excluding diaryl/α,β-unsaturated/α-hetero) is 1. The first kappa shape index (κ1) is 18.1. The highest BCUT2D eigenvalue weighted by molar-refractivity contribution is 5.98. The lowest BCUT2D eigenvalue weighted by Crippen LogP contribution is -2.42. The number of nitrogens with zero attached hydrogens (tertiary/aromatic N) is 1. The molecule has 1 amide bonds. The lowest BCUT2D eigenvalue weighted by molar-refractivity contribution is -0.133. The van der Waals surface area contributed by atoms with Crippen molar-refractivity contribution in [1.29, 1.82) is 0 Å². The quantitative estimate of drug-likeness (QED) is 0.773. The third kappa shape index (κ3) is 4.49. The van der Waals surface area contributed by atoms with Gasteiger partial charge in [0, 0.05) is 37.0 Å². The van der Waals surface area contributed by atoms with E-state index in [1.807, 2.05) is 24.3 Å². The first-order valence-electron chi connectivity index (χ1n) is 9.83. The van der Waals surface area contributed by atoms with Gasteiger partial charge in [-0.25, -0.2) is 0 Å². The van der Waals surface area contributed by atoms with Gasteiger partial charge in [-0.15, -0.1) is 0 Å². The second-order valence-electron chi connectivity index (χ2n) is 7.40. The minimum absolute atomic E-state index is 0.0793. The molecular formula is C21H30N2O2. The van der Waals surface area contributed by atoms with E-state index >= 15 is 0 Å². The number of aryl methyl sites for hydroxylation is 1. The highest BCUT2D eigenvalue weighted by Crippen LogP contribution is 2.28. The van der Waals surface area contributed by atoms with Gasteiger partial charge in [0.1, 0.15) is 0 Å². The number of amides is 1. The first-order valence-corrected chi connectivity index (χ1v) is 9.83. The van der Waals surface area contributed by atoms with Crippen LogP contribution in [0, 0.1) is 0 Å². The first-order chi connectivity index (χ1) is 12.2. The van der Waals surface area contributed by atoms with Gasteiger partial charge in [-0.1, -0.05) is 37.6 Å². The van der Waals surface area contributed by atoms with Crippen molar-refractivity contribution >= 4 is 11.7 Å². The van der Waals surface area contributed by atoms with E-state index < -0.39 is 0 Å². The van der Waals surface area contributed by atoms with Gasteiger partial charge < -0.3 is 10.2 Å². The molecular weight excluding hydrogens is 312 g/mol. The van der Waals surface area contributed by atoms with Gasteiger partial charge >= 0.3 is 0 Å². The van der Waals surface area contributed by atoms with Gasteiger partial charge in [-0.3, -0.25) is 9.59 Å². The average Bonchev–Trinajstić information content (AvgIpc) is 2.90. The number of hydrogen-bond acceptors (Lipinski definition) is 3. The van der Waals surface area contributed by atoms with E-state index in [2.05, 4.69) is 17.1 Å². The molecule has 0 saturated carbocycles. The maximum absolute atomic E-state index is 12.7. The van der Waals surface area contributed by atoms with Crippen LogP contribution < -0.4 is 5.32 Å². The zero-order chi connectivity index (χ0) is 17.6. The van der Waals surface area contributed by atoms with Crippen molar-refractivity contribution < 1.29 is 9.59 Å². The molecule has 0 radical (unpaired) electrons. The molecule has 3 rings (SSSR count). The van der Waals surface area contributed by atoms with Crippen molar-refractivity contribution in [2.45, 2.75) is 70.4 Å². The lowest BCUT2D eigenvalue weighted by Gasteiger charge is -2.27. The van der Waals surface area contributed by atoms with Crippen molar-refractivity contribution in [2.24, 2.45) is 0 Å². The van der Waals surface area contributed by atoms with E-state index in [1.165, 1.54) is 18.4 Å². The molecule has 2 aliphatic rings. The van der Waals surface area contributed by atoms with Crippen molar-refractivity contribution in [1.82, 2.24) is 10.2 Å². The normalized spacial score (nSPS) is 22.7. The summed E-state index contributed by atoms with van der Waals surface area (Å²) in [6.07, 6.45) is 7.32. The monoisotopic (exact) mass is 342 g/mol. The highest BCUT2D eigenvalue weighted by atomic mass is 16.2. The maximum atomic E-state index is 12.7. The molecule has 0 aliphatic carbocycles. The fraction of sp³-hybridized carbons (Fsp3) is 0.619. The second kappa shape index (κ2) is 8.61. The smallest absolute Gasteiger partial charge is 0.223 e. The summed E-state index contributed by atoms with van der Waals surface area (Å²) in [5.74, 6) is 0.236. The van der Waals surface area contributed by atoms with Gasteiger partial charge in [0.25, 0.3) is 0 Å². The molecule has 2 atom stereocenters. The largest absolute Gasteiger partial charge is 0.335 e. The zero-order valence-electron chi connectivity index (χ0n) is 15.3. The molecule has 2 fully saturated rings. The number of unbranched alkanes of at least 4 members (excludes halogenated alkanes) is 1. The van der Waals surface area contributed by atoms with Crippen LogP contribution in [0.2, 0.25) is 0 Å². The van der Waals surface area contributed by atoms with Crippen LogP contribution in [0.5, 0.6) is 0 Å². The molecule has 4 nitrogen and oxygen atoms in total. The van der Waals surface area contributed by atoms with E-state index in [0.717, 1.165) is 44.3 Å². The van der Waals surface area contributed by atoms with Crippen LogP contribution in [-0.4, -0.2) is 41.8 Å². The number of benzene rings is 1. The van der Waals surface area contributed by atoms with Gasteiger partial charge in [0.15, 0.2) is 5.78 Å². The summed E-state index contributed by atoms with van der Waals surface area (Å²) in [7, 11) is 0. The Labute approximate surface area is 151 Å². The summed E-state index contributed by atoms with van der Waals surface area (Å²) in [6.45, 7) is 4.07. The van der Waals surface area contributed by atoms with Crippen LogP contribution in [0.3, 0.4) is 0 Å². The highest BCUT2D eigenvalue weighted by Gasteiger charge is 2.37. The molecule has 2 bridgehead atoms.